The van der Waals surface area contributed by atoms with Gasteiger partial charge in [0.1, 0.15) is 24.8 Å². The molecule has 1 aliphatic carbocycles. The van der Waals surface area contributed by atoms with E-state index in [0.717, 1.165) is 6.42 Å². The zero-order valence-electron chi connectivity index (χ0n) is 9.74. The van der Waals surface area contributed by atoms with Crippen LogP contribution in [-0.4, -0.2) is 19.0 Å². The van der Waals surface area contributed by atoms with Gasteiger partial charge in [-0.25, -0.2) is 0 Å². The fraction of sp³-hybridized carbons (Fsp3) is 0.273. The van der Waals surface area contributed by atoms with Crippen molar-refractivity contribution >= 4 is 21.9 Å². The van der Waals surface area contributed by atoms with Gasteiger partial charge in [0.15, 0.2) is 5.76 Å². The van der Waals surface area contributed by atoms with Gasteiger partial charge in [0.25, 0.3) is 0 Å². The van der Waals surface area contributed by atoms with E-state index in [0.29, 0.717) is 17.0 Å². The van der Waals surface area contributed by atoms with Gasteiger partial charge in [0.2, 0.25) is 0 Å². The van der Waals surface area contributed by atoms with Crippen molar-refractivity contribution in [2.75, 3.05) is 0 Å². The topological polar surface area (TPSA) is 84.9 Å². The summed E-state index contributed by atoms with van der Waals surface area (Å²) in [4.78, 5) is 0. The van der Waals surface area contributed by atoms with Crippen molar-refractivity contribution in [3.8, 4) is 0 Å². The Morgan fingerprint density at radius 2 is 2.21 bits per heavy atom. The molecule has 8 heteroatoms. The van der Waals surface area contributed by atoms with Crippen molar-refractivity contribution < 1.29 is 22.4 Å². The first-order chi connectivity index (χ1) is 8.97. The predicted octanol–water partition coefficient (Wildman–Crippen LogP) is 1.95. The highest BCUT2D eigenvalue weighted by atomic mass is 35.5. The third kappa shape index (κ3) is 3.84. The molecule has 104 valence electrons. The van der Waals surface area contributed by atoms with Crippen molar-refractivity contribution in [2.45, 2.75) is 18.9 Å². The van der Waals surface area contributed by atoms with Crippen LogP contribution < -0.4 is 4.72 Å². The van der Waals surface area contributed by atoms with Crippen LogP contribution in [0.4, 0.5) is 0 Å². The van der Waals surface area contributed by atoms with E-state index >= 15 is 0 Å². The van der Waals surface area contributed by atoms with Crippen LogP contribution in [0, 0.1) is 0 Å². The second-order valence-electron chi connectivity index (χ2n) is 3.89. The average Bonchev–Trinajstić information content (AvgIpc) is 2.37. The lowest BCUT2D eigenvalue weighted by atomic mass is 9.97. The van der Waals surface area contributed by atoms with Crippen molar-refractivity contribution in [1.29, 1.82) is 0 Å². The molecule has 0 spiro atoms. The molecule has 0 amide bonds. The lowest BCUT2D eigenvalue weighted by molar-refractivity contribution is 0.237. The van der Waals surface area contributed by atoms with Crippen LogP contribution in [0.15, 0.2) is 47.3 Å². The van der Waals surface area contributed by atoms with Crippen LogP contribution in [-0.2, 0) is 19.8 Å². The summed E-state index contributed by atoms with van der Waals surface area (Å²) < 4.78 is 43.3. The van der Waals surface area contributed by atoms with Gasteiger partial charge in [-0.3, -0.25) is 4.55 Å². The van der Waals surface area contributed by atoms with E-state index in [4.69, 9.17) is 25.6 Å². The van der Waals surface area contributed by atoms with Crippen LogP contribution in [0.3, 0.4) is 0 Å². The lowest BCUT2D eigenvalue weighted by Crippen LogP contribution is -2.38. The van der Waals surface area contributed by atoms with Crippen LogP contribution in [0.5, 0.6) is 0 Å². The maximum Gasteiger partial charge on any atom is 0.334 e. The van der Waals surface area contributed by atoms with Gasteiger partial charge in [-0.1, -0.05) is 17.7 Å². The summed E-state index contributed by atoms with van der Waals surface area (Å²) in [6, 6.07) is -0.905. The van der Waals surface area contributed by atoms with E-state index in [1.54, 1.807) is 6.08 Å². The first-order valence-corrected chi connectivity index (χ1v) is 7.26. The Hall–Kier alpha value is -1.28. The molecule has 0 bridgehead atoms. The Kier molecular flexibility index (Phi) is 4.31. The van der Waals surface area contributed by atoms with Crippen molar-refractivity contribution in [2.24, 2.45) is 0 Å². The third-order valence-corrected chi connectivity index (χ3v) is 3.48. The Bertz CT molecular complexity index is 576. The van der Waals surface area contributed by atoms with E-state index in [1.165, 1.54) is 18.8 Å². The van der Waals surface area contributed by atoms with Gasteiger partial charge in [-0.05, 0) is 24.5 Å². The van der Waals surface area contributed by atoms with Gasteiger partial charge in [-0.15, -0.1) is 0 Å². The molecule has 0 radical (unpaired) electrons. The fourth-order valence-electron chi connectivity index (χ4n) is 1.79. The Balaban J connectivity index is 2.34. The highest BCUT2D eigenvalue weighted by molar-refractivity contribution is 7.83. The normalized spacial score (nSPS) is 20.6. The average molecular weight is 306 g/mol. The second-order valence-corrected chi connectivity index (χ2v) is 5.48. The highest BCUT2D eigenvalue weighted by Gasteiger charge is 2.28. The molecular formula is C11H12ClNO5S. The van der Waals surface area contributed by atoms with Crippen LogP contribution in [0.2, 0.25) is 0 Å². The van der Waals surface area contributed by atoms with E-state index in [-0.39, 0.29) is 5.76 Å². The molecule has 2 N–H and O–H groups in total. The maximum atomic E-state index is 11.1. The number of ether oxygens (including phenoxy) is 2. The SMILES string of the molecule is O=S(=O)(O)NC(C1=COC=CO1)C1=C(Cl)C=CCC1. The number of halogens is 1. The second kappa shape index (κ2) is 5.79. The lowest BCUT2D eigenvalue weighted by Gasteiger charge is -2.25. The first-order valence-electron chi connectivity index (χ1n) is 5.44. The maximum absolute atomic E-state index is 11.1. The van der Waals surface area contributed by atoms with E-state index in [2.05, 4.69) is 4.72 Å². The summed E-state index contributed by atoms with van der Waals surface area (Å²) >= 11 is 6.06. The Labute approximate surface area is 115 Å². The van der Waals surface area contributed by atoms with Crippen molar-refractivity contribution in [3.05, 3.63) is 47.3 Å². The zero-order valence-corrected chi connectivity index (χ0v) is 11.3. The summed E-state index contributed by atoms with van der Waals surface area (Å²) in [6.07, 6.45) is 8.64. The molecule has 0 saturated carbocycles. The number of hydrogen-bond acceptors (Lipinski definition) is 4. The standard InChI is InChI=1S/C11H12ClNO5S/c12-9-4-2-1-3-8(9)11(13-19(14,15)16)10-7-17-5-6-18-10/h2,4-7,11,13H,1,3H2,(H,14,15,16). The minimum Gasteiger partial charge on any atom is -0.466 e. The molecule has 1 unspecified atom stereocenters. The molecule has 0 saturated heterocycles. The molecule has 6 nitrogen and oxygen atoms in total. The van der Waals surface area contributed by atoms with E-state index < -0.39 is 16.3 Å². The first kappa shape index (κ1) is 14.1. The van der Waals surface area contributed by atoms with Gasteiger partial charge in [-0.2, -0.15) is 13.1 Å². The van der Waals surface area contributed by atoms with Gasteiger partial charge < -0.3 is 9.47 Å². The molecular weight excluding hydrogens is 294 g/mol. The molecule has 0 fully saturated rings. The molecule has 1 aliphatic heterocycles. The minimum atomic E-state index is -4.41. The van der Waals surface area contributed by atoms with Crippen molar-refractivity contribution in [3.63, 3.8) is 0 Å². The predicted molar refractivity (Wildman–Crippen MR) is 69.1 cm³/mol. The Morgan fingerprint density at radius 3 is 2.79 bits per heavy atom. The van der Waals surface area contributed by atoms with E-state index in [9.17, 15) is 8.42 Å². The monoisotopic (exact) mass is 305 g/mol. The minimum absolute atomic E-state index is 0.198. The molecule has 0 aromatic carbocycles. The zero-order chi connectivity index (χ0) is 13.9. The third-order valence-electron chi connectivity index (χ3n) is 2.57. The summed E-state index contributed by atoms with van der Waals surface area (Å²) in [5.41, 5.74) is 0.604. The molecule has 2 rings (SSSR count). The van der Waals surface area contributed by atoms with Gasteiger partial charge in [0.05, 0.1) is 0 Å². The molecule has 2 aliphatic rings. The quantitative estimate of drug-likeness (QED) is 0.775. The largest absolute Gasteiger partial charge is 0.466 e. The fourth-order valence-corrected chi connectivity index (χ4v) is 2.64. The van der Waals surface area contributed by atoms with E-state index in [1.807, 2.05) is 6.08 Å². The van der Waals surface area contributed by atoms with Crippen LogP contribution >= 0.6 is 11.6 Å². The molecule has 19 heavy (non-hydrogen) atoms. The molecule has 1 atom stereocenters. The number of allylic oxidation sites excluding steroid dienone is 3. The number of nitrogens with one attached hydrogen (secondary N) is 1. The highest BCUT2D eigenvalue weighted by Crippen LogP contribution is 2.29. The van der Waals surface area contributed by atoms with Gasteiger partial charge >= 0.3 is 10.3 Å². The van der Waals surface area contributed by atoms with Crippen LogP contribution in [0.1, 0.15) is 12.8 Å². The summed E-state index contributed by atoms with van der Waals surface area (Å²) in [6.45, 7) is 0. The molecule has 0 aromatic rings. The number of hydrogen-bond donors (Lipinski definition) is 2. The summed E-state index contributed by atoms with van der Waals surface area (Å²) in [7, 11) is -4.41. The summed E-state index contributed by atoms with van der Waals surface area (Å²) in [5, 5.41) is 0.409. The Morgan fingerprint density at radius 1 is 1.42 bits per heavy atom. The van der Waals surface area contributed by atoms with Crippen LogP contribution in [0.25, 0.3) is 0 Å². The van der Waals surface area contributed by atoms with Gasteiger partial charge in [0, 0.05) is 5.03 Å². The molecule has 0 aromatic heterocycles. The smallest absolute Gasteiger partial charge is 0.334 e. The van der Waals surface area contributed by atoms with Crippen molar-refractivity contribution in [1.82, 2.24) is 4.72 Å². The number of rotatable bonds is 4. The summed E-state index contributed by atoms with van der Waals surface area (Å²) in [5.74, 6) is 0.198. The molecule has 1 heterocycles.